The Morgan fingerprint density at radius 3 is 2.57 bits per heavy atom. The highest BCUT2D eigenvalue weighted by molar-refractivity contribution is 5.94. The Labute approximate surface area is 133 Å². The number of carbonyl (C=O) groups excluding carboxylic acids is 1. The zero-order chi connectivity index (χ0) is 17.0. The van der Waals surface area contributed by atoms with Crippen LogP contribution in [0.2, 0.25) is 0 Å². The Balaban J connectivity index is 2.04. The molecule has 1 aliphatic rings. The number of carboxylic acids is 1. The number of carboxylic acid groups (broad SMARTS) is 1. The molecule has 1 N–H and O–H groups in total. The van der Waals surface area contributed by atoms with Crippen LogP contribution < -0.4 is 4.90 Å². The van der Waals surface area contributed by atoms with Gasteiger partial charge in [-0.05, 0) is 31.5 Å². The zero-order valence-electron chi connectivity index (χ0n) is 12.8. The number of hydrogen-bond donors (Lipinski definition) is 1. The molecule has 0 spiro atoms. The summed E-state index contributed by atoms with van der Waals surface area (Å²) >= 11 is 0. The van der Waals surface area contributed by atoms with Crippen molar-refractivity contribution in [2.75, 3.05) is 25.0 Å². The Bertz CT molecular complexity index is 602. The van der Waals surface area contributed by atoms with Gasteiger partial charge in [0.05, 0.1) is 11.5 Å². The molecule has 1 heterocycles. The second kappa shape index (κ2) is 7.19. The number of anilines is 1. The highest BCUT2D eigenvalue weighted by atomic mass is 16.6. The quantitative estimate of drug-likeness (QED) is 0.651. The standard InChI is InChI=1S/C15H19N3O5/c1-16(11-5-7-12(8-6-11)18(22)23)14(19)10-17-9-3-2-4-13(17)15(20)21/h5-8,13H,2-4,9-10H2,1H3,(H,20,21). The van der Waals surface area contributed by atoms with E-state index in [1.807, 2.05) is 0 Å². The molecule has 1 saturated heterocycles. The predicted octanol–water partition coefficient (Wildman–Crippen LogP) is 1.50. The summed E-state index contributed by atoms with van der Waals surface area (Å²) in [5.74, 6) is -1.15. The first-order valence-corrected chi connectivity index (χ1v) is 7.38. The van der Waals surface area contributed by atoms with Gasteiger partial charge < -0.3 is 10.0 Å². The summed E-state index contributed by atoms with van der Waals surface area (Å²) < 4.78 is 0. The second-order valence-corrected chi connectivity index (χ2v) is 5.55. The monoisotopic (exact) mass is 321 g/mol. The number of nitro groups is 1. The Morgan fingerprint density at radius 2 is 2.00 bits per heavy atom. The lowest BCUT2D eigenvalue weighted by Crippen LogP contribution is -2.49. The molecule has 0 saturated carbocycles. The number of aliphatic carboxylic acids is 1. The third-order valence-electron chi connectivity index (χ3n) is 4.06. The maximum atomic E-state index is 12.4. The van der Waals surface area contributed by atoms with E-state index in [1.54, 1.807) is 11.9 Å². The minimum absolute atomic E-state index is 0.0183. The molecule has 0 bridgehead atoms. The molecule has 1 aromatic carbocycles. The number of carbonyl (C=O) groups is 2. The molecule has 1 atom stereocenters. The third-order valence-corrected chi connectivity index (χ3v) is 4.06. The first kappa shape index (κ1) is 16.9. The number of nitrogens with zero attached hydrogens (tertiary/aromatic N) is 3. The van der Waals surface area contributed by atoms with Crippen molar-refractivity contribution in [3.05, 3.63) is 34.4 Å². The number of nitro benzene ring substituents is 1. The van der Waals surface area contributed by atoms with Crippen LogP contribution in [0.4, 0.5) is 11.4 Å². The van der Waals surface area contributed by atoms with Gasteiger partial charge in [-0.3, -0.25) is 24.6 Å². The van der Waals surface area contributed by atoms with E-state index in [9.17, 15) is 24.8 Å². The maximum absolute atomic E-state index is 12.4. The molecule has 0 radical (unpaired) electrons. The van der Waals surface area contributed by atoms with Crippen LogP contribution in [0.3, 0.4) is 0 Å². The van der Waals surface area contributed by atoms with E-state index in [2.05, 4.69) is 0 Å². The van der Waals surface area contributed by atoms with Gasteiger partial charge in [0.1, 0.15) is 6.04 Å². The van der Waals surface area contributed by atoms with Crippen LogP contribution in [0.5, 0.6) is 0 Å². The van der Waals surface area contributed by atoms with E-state index >= 15 is 0 Å². The van der Waals surface area contributed by atoms with Gasteiger partial charge in [-0.2, -0.15) is 0 Å². The molecular formula is C15H19N3O5. The minimum Gasteiger partial charge on any atom is -0.480 e. The van der Waals surface area contributed by atoms with Crippen molar-refractivity contribution in [3.8, 4) is 0 Å². The molecule has 0 aliphatic carbocycles. The van der Waals surface area contributed by atoms with Crippen LogP contribution in [0, 0.1) is 10.1 Å². The van der Waals surface area contributed by atoms with E-state index in [0.717, 1.165) is 12.8 Å². The number of hydrogen-bond acceptors (Lipinski definition) is 5. The van der Waals surface area contributed by atoms with Gasteiger partial charge in [0, 0.05) is 24.9 Å². The number of piperidine rings is 1. The van der Waals surface area contributed by atoms with Crippen LogP contribution in [-0.2, 0) is 9.59 Å². The molecule has 23 heavy (non-hydrogen) atoms. The summed E-state index contributed by atoms with van der Waals surface area (Å²) in [6.07, 6.45) is 2.27. The SMILES string of the molecule is CN(C(=O)CN1CCCCC1C(=O)O)c1ccc([N+](=O)[O-])cc1. The fraction of sp³-hybridized carbons (Fsp3) is 0.467. The van der Waals surface area contributed by atoms with Gasteiger partial charge in [-0.25, -0.2) is 0 Å². The predicted molar refractivity (Wildman–Crippen MR) is 83.4 cm³/mol. The average Bonchev–Trinajstić information content (AvgIpc) is 2.54. The van der Waals surface area contributed by atoms with Gasteiger partial charge in [-0.15, -0.1) is 0 Å². The average molecular weight is 321 g/mol. The fourth-order valence-corrected chi connectivity index (χ4v) is 2.68. The number of non-ortho nitro benzene ring substituents is 1. The van der Waals surface area contributed by atoms with Crippen LogP contribution >= 0.6 is 0 Å². The van der Waals surface area contributed by atoms with Crippen molar-refractivity contribution in [2.45, 2.75) is 25.3 Å². The lowest BCUT2D eigenvalue weighted by molar-refractivity contribution is -0.384. The largest absolute Gasteiger partial charge is 0.480 e. The van der Waals surface area contributed by atoms with Crippen molar-refractivity contribution < 1.29 is 19.6 Å². The van der Waals surface area contributed by atoms with Crippen LogP contribution in [0.1, 0.15) is 19.3 Å². The molecule has 1 aromatic rings. The second-order valence-electron chi connectivity index (χ2n) is 5.55. The first-order valence-electron chi connectivity index (χ1n) is 7.38. The van der Waals surface area contributed by atoms with E-state index < -0.39 is 16.9 Å². The molecule has 2 rings (SSSR count). The van der Waals surface area contributed by atoms with Crippen LogP contribution in [-0.4, -0.2) is 53.0 Å². The summed E-state index contributed by atoms with van der Waals surface area (Å²) in [6.45, 7) is 0.598. The smallest absolute Gasteiger partial charge is 0.320 e. The Morgan fingerprint density at radius 1 is 1.35 bits per heavy atom. The van der Waals surface area contributed by atoms with E-state index in [-0.39, 0.29) is 18.1 Å². The van der Waals surface area contributed by atoms with E-state index in [4.69, 9.17) is 0 Å². The molecule has 8 nitrogen and oxygen atoms in total. The fourth-order valence-electron chi connectivity index (χ4n) is 2.68. The molecule has 8 heteroatoms. The third kappa shape index (κ3) is 4.04. The topological polar surface area (TPSA) is 104 Å². The maximum Gasteiger partial charge on any atom is 0.320 e. The number of likely N-dealkylation sites (tertiary alicyclic amines) is 1. The van der Waals surface area contributed by atoms with Crippen molar-refractivity contribution in [3.63, 3.8) is 0 Å². The summed E-state index contributed by atoms with van der Waals surface area (Å²) in [5.41, 5.74) is 0.487. The lowest BCUT2D eigenvalue weighted by Gasteiger charge is -2.33. The minimum atomic E-state index is -0.907. The molecule has 1 amide bonds. The number of benzene rings is 1. The zero-order valence-corrected chi connectivity index (χ0v) is 12.8. The highest BCUT2D eigenvalue weighted by Gasteiger charge is 2.30. The van der Waals surface area contributed by atoms with Crippen LogP contribution in [0.25, 0.3) is 0 Å². The van der Waals surface area contributed by atoms with Gasteiger partial charge >= 0.3 is 5.97 Å². The number of amides is 1. The van der Waals surface area contributed by atoms with Gasteiger partial charge in [0.25, 0.3) is 5.69 Å². The van der Waals surface area contributed by atoms with Crippen molar-refractivity contribution in [2.24, 2.45) is 0 Å². The summed E-state index contributed by atoms with van der Waals surface area (Å²) in [5, 5.41) is 19.9. The van der Waals surface area contributed by atoms with Crippen molar-refractivity contribution >= 4 is 23.3 Å². The lowest BCUT2D eigenvalue weighted by atomic mass is 10.0. The summed E-state index contributed by atoms with van der Waals surface area (Å²) in [7, 11) is 1.57. The molecule has 1 fully saturated rings. The van der Waals surface area contributed by atoms with Crippen molar-refractivity contribution in [1.82, 2.24) is 4.90 Å². The number of likely N-dealkylation sites (N-methyl/N-ethyl adjacent to an activating group) is 1. The van der Waals surface area contributed by atoms with Gasteiger partial charge in [0.2, 0.25) is 5.91 Å². The normalized spacial score (nSPS) is 18.4. The highest BCUT2D eigenvalue weighted by Crippen LogP contribution is 2.20. The first-order chi connectivity index (χ1) is 10.9. The van der Waals surface area contributed by atoms with Crippen LogP contribution in [0.15, 0.2) is 24.3 Å². The Hall–Kier alpha value is -2.48. The van der Waals surface area contributed by atoms with Gasteiger partial charge in [0.15, 0.2) is 0 Å². The van der Waals surface area contributed by atoms with E-state index in [0.29, 0.717) is 18.7 Å². The molecule has 1 aliphatic heterocycles. The summed E-state index contributed by atoms with van der Waals surface area (Å²) in [6, 6.07) is 5.04. The summed E-state index contributed by atoms with van der Waals surface area (Å²) in [4.78, 5) is 36.8. The molecule has 0 aromatic heterocycles. The van der Waals surface area contributed by atoms with Gasteiger partial charge in [-0.1, -0.05) is 6.42 Å². The number of rotatable bonds is 5. The van der Waals surface area contributed by atoms with E-state index in [1.165, 1.54) is 29.2 Å². The Kier molecular flexibility index (Phi) is 5.28. The molecular weight excluding hydrogens is 302 g/mol. The van der Waals surface area contributed by atoms with Crippen molar-refractivity contribution in [1.29, 1.82) is 0 Å². The molecule has 124 valence electrons. The molecule has 1 unspecified atom stereocenters.